The minimum atomic E-state index is -4.36. The van der Waals surface area contributed by atoms with Crippen molar-refractivity contribution in [1.29, 1.82) is 0 Å². The molecule has 0 aliphatic heterocycles. The van der Waals surface area contributed by atoms with E-state index in [1.54, 1.807) is 12.1 Å². The van der Waals surface area contributed by atoms with E-state index in [-0.39, 0.29) is 0 Å². The predicted molar refractivity (Wildman–Crippen MR) is 102 cm³/mol. The van der Waals surface area contributed by atoms with E-state index in [2.05, 4.69) is 15.3 Å². The van der Waals surface area contributed by atoms with Crippen LogP contribution in [-0.4, -0.2) is 16.5 Å². The number of halogens is 4. The van der Waals surface area contributed by atoms with E-state index >= 15 is 0 Å². The normalized spacial score (nSPS) is 11.3. The minimum absolute atomic E-state index is 0.344. The molecule has 28 heavy (non-hydrogen) atoms. The fraction of sp³-hybridized carbons (Fsp3) is 0.200. The van der Waals surface area contributed by atoms with Gasteiger partial charge in [-0.25, -0.2) is 9.97 Å². The minimum Gasteiger partial charge on any atom is -0.457 e. The molecule has 1 N–H and O–H groups in total. The molecule has 0 amide bonds. The molecule has 0 atom stereocenters. The zero-order valence-electron chi connectivity index (χ0n) is 14.9. The summed E-state index contributed by atoms with van der Waals surface area (Å²) >= 11 is 6.14. The number of benzene rings is 2. The second kappa shape index (κ2) is 8.48. The Morgan fingerprint density at radius 2 is 1.57 bits per heavy atom. The number of aryl methyl sites for hydroxylation is 1. The number of alkyl halides is 3. The van der Waals surface area contributed by atoms with Crippen LogP contribution in [0.15, 0.2) is 54.9 Å². The first kappa shape index (κ1) is 19.9. The lowest BCUT2D eigenvalue weighted by atomic mass is 10.1. The largest absolute Gasteiger partial charge is 0.457 e. The molecule has 2 aromatic carbocycles. The van der Waals surface area contributed by atoms with Crippen LogP contribution in [0.5, 0.6) is 11.5 Å². The fourth-order valence-electron chi connectivity index (χ4n) is 2.48. The van der Waals surface area contributed by atoms with Crippen LogP contribution in [0.25, 0.3) is 0 Å². The third-order valence-corrected chi connectivity index (χ3v) is 4.46. The van der Waals surface area contributed by atoms with Gasteiger partial charge in [0.2, 0.25) is 0 Å². The molecule has 0 unspecified atom stereocenters. The van der Waals surface area contributed by atoms with E-state index < -0.39 is 11.7 Å². The quantitative estimate of drug-likeness (QED) is 0.552. The van der Waals surface area contributed by atoms with Crippen molar-refractivity contribution in [3.63, 3.8) is 0 Å². The first-order valence-electron chi connectivity index (χ1n) is 8.48. The fourth-order valence-corrected chi connectivity index (χ4v) is 2.64. The van der Waals surface area contributed by atoms with Crippen molar-refractivity contribution in [1.82, 2.24) is 9.97 Å². The van der Waals surface area contributed by atoms with Gasteiger partial charge in [-0.3, -0.25) is 0 Å². The number of hydrogen-bond donors (Lipinski definition) is 1. The van der Waals surface area contributed by atoms with E-state index in [0.717, 1.165) is 24.1 Å². The van der Waals surface area contributed by atoms with Gasteiger partial charge in [0.25, 0.3) is 0 Å². The Hall–Kier alpha value is -2.80. The molecule has 1 heterocycles. The van der Waals surface area contributed by atoms with Crippen LogP contribution in [0.1, 0.15) is 16.8 Å². The molecule has 0 aliphatic rings. The number of ether oxygens (including phenoxy) is 1. The van der Waals surface area contributed by atoms with Crippen molar-refractivity contribution in [2.45, 2.75) is 19.5 Å². The van der Waals surface area contributed by atoms with Crippen LogP contribution in [0, 0.1) is 6.92 Å². The topological polar surface area (TPSA) is 47.0 Å². The summed E-state index contributed by atoms with van der Waals surface area (Å²) in [5.41, 5.74) is 1.07. The third-order valence-electron chi connectivity index (χ3n) is 4.01. The average Bonchev–Trinajstić information content (AvgIpc) is 2.66. The third kappa shape index (κ3) is 5.13. The van der Waals surface area contributed by atoms with Crippen LogP contribution in [0.4, 0.5) is 19.0 Å². The Kier molecular flexibility index (Phi) is 6.04. The molecule has 0 bridgehead atoms. The number of nitrogens with zero attached hydrogens (tertiary/aromatic N) is 2. The van der Waals surface area contributed by atoms with Gasteiger partial charge in [-0.05, 0) is 55.3 Å². The second-order valence-electron chi connectivity index (χ2n) is 6.07. The summed E-state index contributed by atoms with van der Waals surface area (Å²) in [7, 11) is 0. The van der Waals surface area contributed by atoms with E-state index in [1.165, 1.54) is 18.5 Å². The van der Waals surface area contributed by atoms with E-state index in [0.29, 0.717) is 34.6 Å². The van der Waals surface area contributed by atoms with E-state index in [4.69, 9.17) is 16.3 Å². The highest BCUT2D eigenvalue weighted by atomic mass is 35.5. The Labute approximate surface area is 165 Å². The smallest absolute Gasteiger partial charge is 0.416 e. The monoisotopic (exact) mass is 407 g/mol. The zero-order valence-corrected chi connectivity index (χ0v) is 15.7. The van der Waals surface area contributed by atoms with Crippen LogP contribution in [0.3, 0.4) is 0 Å². The van der Waals surface area contributed by atoms with Gasteiger partial charge in [0.15, 0.2) is 0 Å². The number of aromatic nitrogens is 2. The van der Waals surface area contributed by atoms with Crippen molar-refractivity contribution >= 4 is 17.4 Å². The van der Waals surface area contributed by atoms with Crippen molar-refractivity contribution in [2.24, 2.45) is 0 Å². The second-order valence-corrected chi connectivity index (χ2v) is 6.44. The summed E-state index contributed by atoms with van der Waals surface area (Å²) in [6, 6.07) is 11.9. The van der Waals surface area contributed by atoms with Crippen molar-refractivity contribution in [2.75, 3.05) is 11.9 Å². The highest BCUT2D eigenvalue weighted by molar-refractivity contribution is 6.33. The number of hydrogen-bond acceptors (Lipinski definition) is 4. The first-order chi connectivity index (χ1) is 13.3. The molecule has 0 aliphatic carbocycles. The van der Waals surface area contributed by atoms with Crippen LogP contribution in [-0.2, 0) is 12.6 Å². The molecule has 0 saturated carbocycles. The molecule has 0 radical (unpaired) electrons. The molecular formula is C20H17ClF3N3O. The lowest BCUT2D eigenvalue weighted by Crippen LogP contribution is -2.07. The molecule has 8 heteroatoms. The summed E-state index contributed by atoms with van der Waals surface area (Å²) in [4.78, 5) is 8.12. The number of anilines is 1. The standard InChI is InChI=1S/C20H17ClF3N3O/c1-13-18(21)19(27-12-26-13)25-11-10-14-2-6-16(7-3-14)28-17-8-4-15(5-9-17)20(22,23)24/h2-9,12H,10-11H2,1H3,(H,25,26,27). The van der Waals surface area contributed by atoms with Gasteiger partial charge in [0.05, 0.1) is 11.3 Å². The predicted octanol–water partition coefficient (Wildman–Crippen LogP) is 5.90. The Morgan fingerprint density at radius 3 is 2.18 bits per heavy atom. The molecule has 146 valence electrons. The van der Waals surface area contributed by atoms with Crippen molar-refractivity contribution in [3.05, 3.63) is 76.7 Å². The van der Waals surface area contributed by atoms with Crippen LogP contribution >= 0.6 is 11.6 Å². The number of rotatable bonds is 6. The lowest BCUT2D eigenvalue weighted by Gasteiger charge is -2.10. The average molecular weight is 408 g/mol. The maximum Gasteiger partial charge on any atom is 0.416 e. The molecule has 0 spiro atoms. The zero-order chi connectivity index (χ0) is 20.1. The van der Waals surface area contributed by atoms with Gasteiger partial charge in [-0.1, -0.05) is 23.7 Å². The highest BCUT2D eigenvalue weighted by Gasteiger charge is 2.30. The van der Waals surface area contributed by atoms with E-state index in [9.17, 15) is 13.2 Å². The Bertz CT molecular complexity index is 929. The van der Waals surface area contributed by atoms with Gasteiger partial charge >= 0.3 is 6.18 Å². The summed E-state index contributed by atoms with van der Waals surface area (Å²) in [5, 5.41) is 3.67. The van der Waals surface area contributed by atoms with Gasteiger partial charge in [0.1, 0.15) is 28.7 Å². The SMILES string of the molecule is Cc1ncnc(NCCc2ccc(Oc3ccc(C(F)(F)F)cc3)cc2)c1Cl. The first-order valence-corrected chi connectivity index (χ1v) is 8.86. The highest BCUT2D eigenvalue weighted by Crippen LogP contribution is 2.31. The van der Waals surface area contributed by atoms with Crippen molar-refractivity contribution < 1.29 is 17.9 Å². The maximum absolute atomic E-state index is 12.6. The molecule has 3 rings (SSSR count). The Balaban J connectivity index is 1.54. The van der Waals surface area contributed by atoms with Gasteiger partial charge in [-0.2, -0.15) is 13.2 Å². The summed E-state index contributed by atoms with van der Waals surface area (Å²) in [5.74, 6) is 1.48. The van der Waals surface area contributed by atoms with Crippen LogP contribution < -0.4 is 10.1 Å². The van der Waals surface area contributed by atoms with Gasteiger partial charge < -0.3 is 10.1 Å². The van der Waals surface area contributed by atoms with Crippen molar-refractivity contribution in [3.8, 4) is 11.5 Å². The molecule has 3 aromatic rings. The molecular weight excluding hydrogens is 391 g/mol. The molecule has 1 aromatic heterocycles. The summed E-state index contributed by atoms with van der Waals surface area (Å²) in [6.45, 7) is 2.44. The van der Waals surface area contributed by atoms with Gasteiger partial charge in [0, 0.05) is 6.54 Å². The van der Waals surface area contributed by atoms with E-state index in [1.807, 2.05) is 19.1 Å². The molecule has 0 saturated heterocycles. The summed E-state index contributed by atoms with van der Waals surface area (Å²) in [6.07, 6.45) is -2.17. The Morgan fingerprint density at radius 1 is 0.964 bits per heavy atom. The molecule has 4 nitrogen and oxygen atoms in total. The molecule has 0 fully saturated rings. The lowest BCUT2D eigenvalue weighted by molar-refractivity contribution is -0.137. The summed E-state index contributed by atoms with van der Waals surface area (Å²) < 4.78 is 43.3. The van der Waals surface area contributed by atoms with Gasteiger partial charge in [-0.15, -0.1) is 0 Å². The number of nitrogens with one attached hydrogen (secondary N) is 1. The van der Waals surface area contributed by atoms with Crippen LogP contribution in [0.2, 0.25) is 5.02 Å². The maximum atomic E-state index is 12.6.